The first kappa shape index (κ1) is 79.2. The molecule has 5 aromatic carbocycles. The van der Waals surface area contributed by atoms with E-state index in [0.717, 1.165) is 84.2 Å². The number of unbranched alkanes of at least 4 members (excludes halogenated alkanes) is 48. The molecule has 0 bridgehead atoms. The number of nitrogens with zero attached hydrogens (tertiary/aromatic N) is 4. The van der Waals surface area contributed by atoms with Crippen LogP contribution in [-0.2, 0) is 13.1 Å². The van der Waals surface area contributed by atoms with Gasteiger partial charge in [0.25, 0.3) is 0 Å². The fraction of sp³-hybridized carbons (Fsp3) is 0.667. The molecule has 552 valence electrons. The molecule has 4 heterocycles. The average Bonchev–Trinajstić information content (AvgIpc) is 1.40. The fourth-order valence-corrected chi connectivity index (χ4v) is 16.5. The molecule has 9 rings (SSSR count). The van der Waals surface area contributed by atoms with Gasteiger partial charge >= 0.3 is 0 Å². The first-order valence-electron chi connectivity index (χ1n) is 42.2. The smallest absolute Gasteiger partial charge is 0.175 e. The van der Waals surface area contributed by atoms with Crippen LogP contribution in [0.1, 0.15) is 362 Å². The molecule has 100 heavy (non-hydrogen) atoms. The Kier molecular flexibility index (Phi) is 36.5. The highest BCUT2D eigenvalue weighted by molar-refractivity contribution is 6.35. The zero-order valence-corrected chi connectivity index (χ0v) is 65.1. The van der Waals surface area contributed by atoms with Crippen LogP contribution in [-0.4, -0.2) is 22.3 Å². The number of halogens is 2. The molecule has 0 saturated heterocycles. The van der Waals surface area contributed by atoms with Crippen LogP contribution in [0, 0.1) is 0 Å². The Bertz CT molecular complexity index is 3390. The van der Waals surface area contributed by atoms with Crippen LogP contribution in [0.25, 0.3) is 43.6 Å². The maximum Gasteiger partial charge on any atom is 0.175 e. The molecule has 0 unspecified atom stereocenters. The van der Waals surface area contributed by atoms with Gasteiger partial charge in [-0.05, 0) is 37.8 Å². The fourth-order valence-electron chi connectivity index (χ4n) is 16.0. The Morgan fingerprint density at radius 2 is 0.550 bits per heavy atom. The summed E-state index contributed by atoms with van der Waals surface area (Å²) in [5, 5.41) is 5.72. The summed E-state index contributed by atoms with van der Waals surface area (Å²) in [6, 6.07) is 22.0. The average molecular weight is 1410 g/mol. The molecular weight excluding hydrogens is 1270 g/mol. The van der Waals surface area contributed by atoms with Gasteiger partial charge in [0.1, 0.15) is 32.1 Å². The van der Waals surface area contributed by atoms with Crippen LogP contribution in [0.4, 0.5) is 11.4 Å². The summed E-state index contributed by atoms with van der Waals surface area (Å²) in [6.45, 7) is 12.2. The number of aromatic nitrogens is 2. The van der Waals surface area contributed by atoms with E-state index in [-0.39, 0.29) is 0 Å². The summed E-state index contributed by atoms with van der Waals surface area (Å²) >= 11 is 15.6. The summed E-state index contributed by atoms with van der Waals surface area (Å²) in [4.78, 5) is 11.0. The molecule has 0 atom stereocenters. The highest BCUT2D eigenvalue weighted by atomic mass is 35.5. The predicted octanol–water partition coefficient (Wildman–Crippen LogP) is 30.4. The van der Waals surface area contributed by atoms with Crippen molar-refractivity contribution in [3.63, 3.8) is 0 Å². The molecule has 0 fully saturated rings. The molecule has 8 nitrogen and oxygen atoms in total. The molecule has 0 amide bonds. The van der Waals surface area contributed by atoms with Crippen LogP contribution in [0.5, 0.6) is 34.5 Å². The maximum atomic E-state index is 7.78. The van der Waals surface area contributed by atoms with Crippen molar-refractivity contribution in [2.45, 2.75) is 375 Å². The second-order valence-corrected chi connectivity index (χ2v) is 31.1. The van der Waals surface area contributed by atoms with E-state index in [0.29, 0.717) is 79.8 Å². The van der Waals surface area contributed by atoms with Crippen LogP contribution < -0.4 is 29.7 Å². The van der Waals surface area contributed by atoms with Crippen molar-refractivity contribution in [3.05, 3.63) is 81.4 Å². The van der Waals surface area contributed by atoms with E-state index in [1.54, 1.807) is 0 Å². The first-order valence-corrected chi connectivity index (χ1v) is 43.0. The lowest BCUT2D eigenvalue weighted by molar-refractivity contribution is 0.303. The van der Waals surface area contributed by atoms with Gasteiger partial charge < -0.3 is 28.1 Å². The Morgan fingerprint density at radius 3 is 0.830 bits per heavy atom. The third-order valence-corrected chi connectivity index (χ3v) is 22.7. The summed E-state index contributed by atoms with van der Waals surface area (Å²) < 4.78 is 33.5. The van der Waals surface area contributed by atoms with Gasteiger partial charge in [-0.3, -0.25) is 0 Å². The van der Waals surface area contributed by atoms with Crippen molar-refractivity contribution >= 4 is 78.2 Å². The first-order chi connectivity index (χ1) is 49.5. The lowest BCUT2D eigenvalue weighted by Crippen LogP contribution is -2.22. The van der Waals surface area contributed by atoms with E-state index in [2.05, 4.69) is 97.5 Å². The van der Waals surface area contributed by atoms with E-state index < -0.39 is 0 Å². The van der Waals surface area contributed by atoms with E-state index in [4.69, 9.17) is 52.1 Å². The Hall–Kier alpha value is -4.92. The number of aryl methyl sites for hydroxylation is 2. The monoisotopic (exact) mass is 1400 g/mol. The lowest BCUT2D eigenvalue weighted by atomic mass is 10.0. The SMILES string of the molecule is CCCCCCCCCCCCCCCCCCn1c2ccccc2c2c3c(c(OCCCCCCCCCCCC)cc21)N=c1c(Cl)c2c(c(Cl)c1O3)=Nc1c(OCCCCCCCCCCCC)cc3c(c1O2)c1ccccc1n3CCCCCCCCCCCCCCCCCC. The topological polar surface area (TPSA) is 71.5 Å². The standard InChI is InChI=1S/C90H134Cl2N4O4/c1-5-9-13-17-21-25-29-31-33-35-37-39-41-45-49-57-65-95-73-63-55-53-61-71(73)79-75(95)69-77(97-67-59-51-47-43-27-23-19-15-11-7-3)83-87(79)99-89-81(91)86-90(82(92)85(89)93-83)100-88-80-72-62-54-56-64-74(72)96(66-58-50-46-42-40-38-36-34-32-30-26-22-18-14-10-6-2)76(80)70-78(84(88)94-86)98-68-60-52-48-44-28-24-20-16-12-8-4/h53-56,61-64,69-70H,5-52,57-60,65-68H2,1-4H3. The van der Waals surface area contributed by atoms with Gasteiger partial charge in [0.15, 0.2) is 34.5 Å². The van der Waals surface area contributed by atoms with Gasteiger partial charge in [0, 0.05) is 47.0 Å². The van der Waals surface area contributed by atoms with E-state index >= 15 is 0 Å². The number of benzene rings is 5. The minimum atomic E-state index is 0.308. The Morgan fingerprint density at radius 1 is 0.300 bits per heavy atom. The molecule has 0 spiro atoms. The summed E-state index contributed by atoms with van der Waals surface area (Å²) in [7, 11) is 0. The van der Waals surface area contributed by atoms with Crippen molar-refractivity contribution in [1.82, 2.24) is 9.13 Å². The Labute approximate surface area is 616 Å². The second kappa shape index (κ2) is 46.0. The van der Waals surface area contributed by atoms with Crippen LogP contribution in [0.2, 0.25) is 10.0 Å². The van der Waals surface area contributed by atoms with Gasteiger partial charge in [0.05, 0.1) is 35.0 Å². The molecule has 10 heteroatoms. The molecule has 2 aliphatic rings. The Balaban J connectivity index is 0.957. The molecular formula is C90H134Cl2N4O4. The summed E-state index contributed by atoms with van der Waals surface area (Å²) in [5.74, 6) is 3.42. The van der Waals surface area contributed by atoms with E-state index in [1.807, 2.05) is 0 Å². The van der Waals surface area contributed by atoms with E-state index in [1.165, 1.54) is 306 Å². The van der Waals surface area contributed by atoms with Crippen molar-refractivity contribution in [2.75, 3.05) is 13.2 Å². The van der Waals surface area contributed by atoms with Gasteiger partial charge in [0.2, 0.25) is 0 Å². The molecule has 7 aromatic rings. The second-order valence-electron chi connectivity index (χ2n) is 30.3. The highest BCUT2D eigenvalue weighted by Gasteiger charge is 2.34. The largest absolute Gasteiger partial charge is 0.491 e. The molecule has 0 radical (unpaired) electrons. The molecule has 2 aliphatic heterocycles. The van der Waals surface area contributed by atoms with Gasteiger partial charge in [-0.15, -0.1) is 0 Å². The van der Waals surface area contributed by atoms with Crippen molar-refractivity contribution in [1.29, 1.82) is 0 Å². The number of ether oxygens (including phenoxy) is 4. The third-order valence-electron chi connectivity index (χ3n) is 22.0. The van der Waals surface area contributed by atoms with Crippen LogP contribution in [0.15, 0.2) is 70.6 Å². The van der Waals surface area contributed by atoms with Gasteiger partial charge in [-0.2, -0.15) is 0 Å². The number of hydrogen-bond acceptors (Lipinski definition) is 6. The predicted molar refractivity (Wildman–Crippen MR) is 431 cm³/mol. The molecule has 0 aliphatic carbocycles. The molecule has 0 saturated carbocycles. The van der Waals surface area contributed by atoms with Crippen molar-refractivity contribution < 1.29 is 18.9 Å². The number of hydrogen-bond donors (Lipinski definition) is 0. The minimum absolute atomic E-state index is 0.308. The van der Waals surface area contributed by atoms with E-state index in [9.17, 15) is 0 Å². The van der Waals surface area contributed by atoms with Crippen molar-refractivity contribution in [2.24, 2.45) is 9.98 Å². The number of rotatable bonds is 58. The quantitative estimate of drug-likeness (QED) is 0.0356. The summed E-state index contributed by atoms with van der Waals surface area (Å²) in [6.07, 6.45) is 68.3. The van der Waals surface area contributed by atoms with Gasteiger partial charge in [-0.25, -0.2) is 9.98 Å². The maximum absolute atomic E-state index is 7.78. The zero-order chi connectivity index (χ0) is 69.6. The van der Waals surface area contributed by atoms with Gasteiger partial charge in [-0.1, -0.05) is 395 Å². The number of fused-ring (bicyclic) bond motifs is 12. The lowest BCUT2D eigenvalue weighted by Gasteiger charge is -2.24. The third kappa shape index (κ3) is 23.5. The molecule has 0 N–H and O–H groups in total. The normalized spacial score (nSPS) is 12.5. The minimum Gasteiger partial charge on any atom is -0.491 e. The van der Waals surface area contributed by atoms with Crippen molar-refractivity contribution in [3.8, 4) is 34.5 Å². The van der Waals surface area contributed by atoms with Crippen LogP contribution in [0.3, 0.4) is 0 Å². The van der Waals surface area contributed by atoms with Crippen LogP contribution >= 0.6 is 23.2 Å². The highest BCUT2D eigenvalue weighted by Crippen LogP contribution is 2.55. The number of para-hydroxylation sites is 2. The summed E-state index contributed by atoms with van der Waals surface area (Å²) in [5.41, 5.74) is 5.79. The molecule has 2 aromatic heterocycles. The zero-order valence-electron chi connectivity index (χ0n) is 63.5.